The zero-order valence-electron chi connectivity index (χ0n) is 9.82. The second-order valence-corrected chi connectivity index (χ2v) is 4.81. The summed E-state index contributed by atoms with van der Waals surface area (Å²) < 4.78 is 0. The van der Waals surface area contributed by atoms with Crippen LogP contribution in [0.2, 0.25) is 0 Å². The average molecular weight is 222 g/mol. The molecule has 1 rings (SSSR count). The minimum Gasteiger partial charge on any atom is -0.399 e. The van der Waals surface area contributed by atoms with Gasteiger partial charge < -0.3 is 16.8 Å². The van der Waals surface area contributed by atoms with E-state index in [0.717, 1.165) is 0 Å². The number of nitrogen functional groups attached to an aromatic ring is 1. The molecule has 0 aromatic carbocycles. The van der Waals surface area contributed by atoms with Crippen LogP contribution in [0, 0.1) is 5.41 Å². The van der Waals surface area contributed by atoms with Crippen LogP contribution in [0.15, 0.2) is 18.3 Å². The van der Waals surface area contributed by atoms with Gasteiger partial charge >= 0.3 is 0 Å². The van der Waals surface area contributed by atoms with Crippen LogP contribution in [-0.2, 0) is 4.79 Å². The summed E-state index contributed by atoms with van der Waals surface area (Å²) in [6.07, 6.45) is 1.54. The van der Waals surface area contributed by atoms with Crippen molar-refractivity contribution in [1.82, 2.24) is 4.98 Å². The first kappa shape index (κ1) is 12.4. The number of nitrogens with one attached hydrogen (secondary N) is 1. The fourth-order valence-electron chi connectivity index (χ4n) is 1.11. The van der Waals surface area contributed by atoms with Gasteiger partial charge in [-0.05, 0) is 11.5 Å². The van der Waals surface area contributed by atoms with E-state index in [1.54, 1.807) is 12.1 Å². The van der Waals surface area contributed by atoms with Crippen molar-refractivity contribution in [3.8, 4) is 0 Å². The zero-order chi connectivity index (χ0) is 12.3. The third-order valence-corrected chi connectivity index (χ3v) is 2.25. The molecule has 0 spiro atoms. The number of carbonyl (C=O) groups is 1. The van der Waals surface area contributed by atoms with Crippen molar-refractivity contribution in [2.75, 3.05) is 11.1 Å². The van der Waals surface area contributed by atoms with Crippen LogP contribution in [0.25, 0.3) is 0 Å². The van der Waals surface area contributed by atoms with Gasteiger partial charge in [0, 0.05) is 18.0 Å². The first-order chi connectivity index (χ1) is 7.30. The Kier molecular flexibility index (Phi) is 3.49. The highest BCUT2D eigenvalue weighted by atomic mass is 16.2. The molecule has 1 heterocycles. The van der Waals surface area contributed by atoms with Crippen molar-refractivity contribution in [3.63, 3.8) is 0 Å². The maximum atomic E-state index is 11.8. The van der Waals surface area contributed by atoms with E-state index < -0.39 is 6.04 Å². The van der Waals surface area contributed by atoms with Crippen molar-refractivity contribution in [3.05, 3.63) is 18.3 Å². The summed E-state index contributed by atoms with van der Waals surface area (Å²) in [4.78, 5) is 15.7. The Morgan fingerprint density at radius 3 is 2.62 bits per heavy atom. The Morgan fingerprint density at radius 1 is 1.50 bits per heavy atom. The summed E-state index contributed by atoms with van der Waals surface area (Å²) in [5.41, 5.74) is 11.6. The summed E-state index contributed by atoms with van der Waals surface area (Å²) in [6, 6.07) is 2.66. The average Bonchev–Trinajstić information content (AvgIpc) is 2.15. The standard InChI is InChI=1S/C11H18N4O/c1-11(2,3)9(13)10(16)15-8-6-7(12)4-5-14-8/h4-6,9H,13H2,1-3H3,(H3,12,14,15,16)/t9-/m1/s1. The number of aromatic nitrogens is 1. The third kappa shape index (κ3) is 3.20. The molecule has 5 nitrogen and oxygen atoms in total. The highest BCUT2D eigenvalue weighted by Crippen LogP contribution is 2.18. The largest absolute Gasteiger partial charge is 0.399 e. The van der Waals surface area contributed by atoms with Gasteiger partial charge in [-0.25, -0.2) is 4.98 Å². The number of nitrogens with zero attached hydrogens (tertiary/aromatic N) is 1. The molecule has 0 aliphatic carbocycles. The highest BCUT2D eigenvalue weighted by molar-refractivity contribution is 5.94. The van der Waals surface area contributed by atoms with Gasteiger partial charge in [-0.1, -0.05) is 20.8 Å². The Bertz CT molecular complexity index is 384. The maximum Gasteiger partial charge on any atom is 0.242 e. The highest BCUT2D eigenvalue weighted by Gasteiger charge is 2.27. The van der Waals surface area contributed by atoms with Crippen molar-refractivity contribution >= 4 is 17.4 Å². The molecule has 0 aliphatic rings. The molecule has 0 saturated heterocycles. The molecule has 1 aromatic heterocycles. The first-order valence-electron chi connectivity index (χ1n) is 5.08. The Hall–Kier alpha value is -1.62. The number of nitrogens with two attached hydrogens (primary N) is 2. The van der Waals surface area contributed by atoms with Gasteiger partial charge in [0.2, 0.25) is 5.91 Å². The fraction of sp³-hybridized carbons (Fsp3) is 0.455. The lowest BCUT2D eigenvalue weighted by Gasteiger charge is -2.25. The summed E-state index contributed by atoms with van der Waals surface area (Å²) >= 11 is 0. The SMILES string of the molecule is CC(C)(C)[C@H](N)C(=O)Nc1cc(N)ccn1. The summed E-state index contributed by atoms with van der Waals surface area (Å²) in [6.45, 7) is 5.72. The molecule has 0 aliphatic heterocycles. The van der Waals surface area contributed by atoms with E-state index in [1.807, 2.05) is 20.8 Å². The molecule has 0 bridgehead atoms. The quantitative estimate of drug-likeness (QED) is 0.695. The van der Waals surface area contributed by atoms with Crippen molar-refractivity contribution in [2.24, 2.45) is 11.1 Å². The van der Waals surface area contributed by atoms with Crippen LogP contribution in [0.1, 0.15) is 20.8 Å². The van der Waals surface area contributed by atoms with Gasteiger partial charge in [-0.15, -0.1) is 0 Å². The molecule has 16 heavy (non-hydrogen) atoms. The normalized spacial score (nSPS) is 13.2. The lowest BCUT2D eigenvalue weighted by Crippen LogP contribution is -2.45. The molecule has 88 valence electrons. The molecule has 0 radical (unpaired) electrons. The number of pyridine rings is 1. The number of carbonyl (C=O) groups excluding carboxylic acids is 1. The van der Waals surface area contributed by atoms with Crippen LogP contribution < -0.4 is 16.8 Å². The second-order valence-electron chi connectivity index (χ2n) is 4.81. The zero-order valence-corrected chi connectivity index (χ0v) is 9.82. The molecular weight excluding hydrogens is 204 g/mol. The van der Waals surface area contributed by atoms with Crippen LogP contribution in [-0.4, -0.2) is 16.9 Å². The van der Waals surface area contributed by atoms with E-state index in [1.165, 1.54) is 6.20 Å². The van der Waals surface area contributed by atoms with Gasteiger partial charge in [0.1, 0.15) is 5.82 Å². The Labute approximate surface area is 95.2 Å². The van der Waals surface area contributed by atoms with Crippen molar-refractivity contribution in [2.45, 2.75) is 26.8 Å². The van der Waals surface area contributed by atoms with Gasteiger partial charge in [-0.2, -0.15) is 0 Å². The molecule has 0 unspecified atom stereocenters. The van der Waals surface area contributed by atoms with E-state index in [4.69, 9.17) is 11.5 Å². The number of hydrogen-bond acceptors (Lipinski definition) is 4. The molecule has 5 N–H and O–H groups in total. The molecule has 5 heteroatoms. The third-order valence-electron chi connectivity index (χ3n) is 2.25. The number of anilines is 2. The molecule has 1 amide bonds. The fourth-order valence-corrected chi connectivity index (χ4v) is 1.11. The summed E-state index contributed by atoms with van der Waals surface area (Å²) in [5, 5.41) is 2.63. The van der Waals surface area contributed by atoms with Crippen LogP contribution in [0.3, 0.4) is 0 Å². The Morgan fingerprint density at radius 2 is 2.12 bits per heavy atom. The lowest BCUT2D eigenvalue weighted by molar-refractivity contribution is -0.119. The smallest absolute Gasteiger partial charge is 0.242 e. The van der Waals surface area contributed by atoms with Crippen LogP contribution >= 0.6 is 0 Å². The second kappa shape index (κ2) is 4.49. The van der Waals surface area contributed by atoms with Gasteiger partial charge in [0.15, 0.2) is 0 Å². The van der Waals surface area contributed by atoms with E-state index in [9.17, 15) is 4.79 Å². The molecule has 0 fully saturated rings. The molecule has 1 aromatic rings. The monoisotopic (exact) mass is 222 g/mol. The maximum absolute atomic E-state index is 11.8. The summed E-state index contributed by atoms with van der Waals surface area (Å²) in [5.74, 6) is 0.162. The molecule has 1 atom stereocenters. The number of amides is 1. The predicted octanol–water partition coefficient (Wildman–Crippen LogP) is 0.976. The minimum absolute atomic E-state index is 0.259. The molecule has 0 saturated carbocycles. The number of rotatable bonds is 2. The van der Waals surface area contributed by atoms with E-state index in [0.29, 0.717) is 11.5 Å². The summed E-state index contributed by atoms with van der Waals surface area (Å²) in [7, 11) is 0. The molecular formula is C11H18N4O. The first-order valence-corrected chi connectivity index (χ1v) is 5.08. The lowest BCUT2D eigenvalue weighted by atomic mass is 9.87. The van der Waals surface area contributed by atoms with E-state index in [-0.39, 0.29) is 11.3 Å². The topological polar surface area (TPSA) is 94.0 Å². The van der Waals surface area contributed by atoms with Gasteiger partial charge in [0.05, 0.1) is 6.04 Å². The van der Waals surface area contributed by atoms with Crippen LogP contribution in [0.4, 0.5) is 11.5 Å². The van der Waals surface area contributed by atoms with Gasteiger partial charge in [-0.3, -0.25) is 4.79 Å². The number of hydrogen-bond donors (Lipinski definition) is 3. The van der Waals surface area contributed by atoms with E-state index in [2.05, 4.69) is 10.3 Å². The van der Waals surface area contributed by atoms with Crippen molar-refractivity contribution < 1.29 is 4.79 Å². The van der Waals surface area contributed by atoms with Crippen molar-refractivity contribution in [1.29, 1.82) is 0 Å². The predicted molar refractivity (Wildman–Crippen MR) is 64.7 cm³/mol. The van der Waals surface area contributed by atoms with E-state index >= 15 is 0 Å². The van der Waals surface area contributed by atoms with Gasteiger partial charge in [0.25, 0.3) is 0 Å². The minimum atomic E-state index is -0.587. The Balaban J connectivity index is 2.72. The van der Waals surface area contributed by atoms with Crippen LogP contribution in [0.5, 0.6) is 0 Å².